The second-order valence-corrected chi connectivity index (χ2v) is 5.68. The molecule has 1 aromatic rings. The molecule has 1 aliphatic heterocycles. The van der Waals surface area contributed by atoms with Gasteiger partial charge in [0.2, 0.25) is 0 Å². The molecule has 0 atom stereocenters. The van der Waals surface area contributed by atoms with Crippen molar-refractivity contribution in [3.8, 4) is 6.07 Å². The number of nitriles is 1. The molecule has 4 heteroatoms. The molecule has 1 heterocycles. The number of rotatable bonds is 3. The summed E-state index contributed by atoms with van der Waals surface area (Å²) in [6, 6.07) is 8.86. The quantitative estimate of drug-likeness (QED) is 0.908. The molecule has 0 spiro atoms. The van der Waals surface area contributed by atoms with Crippen LogP contribution in [0.4, 0.5) is 0 Å². The summed E-state index contributed by atoms with van der Waals surface area (Å²) in [7, 11) is 0. The molecule has 1 amide bonds. The van der Waals surface area contributed by atoms with E-state index in [4.69, 9.17) is 5.26 Å². The summed E-state index contributed by atoms with van der Waals surface area (Å²) in [5, 5.41) is 11.8. The molecular weight excluding hydrogens is 244 g/mol. The minimum atomic E-state index is -0.0784. The number of hydrogen-bond donors (Lipinski definition) is 1. The topological polar surface area (TPSA) is 52.9 Å². The van der Waals surface area contributed by atoms with Crippen molar-refractivity contribution in [2.24, 2.45) is 5.92 Å². The van der Waals surface area contributed by atoms with E-state index >= 15 is 0 Å². The van der Waals surface area contributed by atoms with Crippen LogP contribution in [0, 0.1) is 17.2 Å². The molecular formula is C14H16N2OS. The molecule has 0 unspecified atom stereocenters. The Morgan fingerprint density at radius 1 is 1.44 bits per heavy atom. The minimum Gasteiger partial charge on any atom is -0.352 e. The van der Waals surface area contributed by atoms with Crippen molar-refractivity contribution in [2.45, 2.75) is 12.8 Å². The van der Waals surface area contributed by atoms with Gasteiger partial charge < -0.3 is 5.32 Å². The highest BCUT2D eigenvalue weighted by Crippen LogP contribution is 2.21. The summed E-state index contributed by atoms with van der Waals surface area (Å²) in [5.41, 5.74) is 1.09. The normalized spacial score (nSPS) is 15.9. The molecule has 94 valence electrons. The Kier molecular flexibility index (Phi) is 4.66. The minimum absolute atomic E-state index is 0.0784. The van der Waals surface area contributed by atoms with Gasteiger partial charge in [-0.2, -0.15) is 17.0 Å². The number of hydrogen-bond acceptors (Lipinski definition) is 3. The summed E-state index contributed by atoms with van der Waals surface area (Å²) in [4.78, 5) is 11.9. The number of carbonyl (C=O) groups excluding carboxylic acids is 1. The van der Waals surface area contributed by atoms with E-state index in [9.17, 15) is 4.79 Å². The molecule has 2 rings (SSSR count). The van der Waals surface area contributed by atoms with Crippen LogP contribution in [0.5, 0.6) is 0 Å². The summed E-state index contributed by atoms with van der Waals surface area (Å²) in [6.45, 7) is 0.746. The van der Waals surface area contributed by atoms with E-state index in [-0.39, 0.29) is 5.91 Å². The standard InChI is InChI=1S/C14H16N2OS/c15-9-12-2-1-3-13(8-12)14(17)16-10-11-4-6-18-7-5-11/h1-3,8,11H,4-7,10H2,(H,16,17). The van der Waals surface area contributed by atoms with Crippen molar-refractivity contribution in [3.63, 3.8) is 0 Å². The van der Waals surface area contributed by atoms with Crippen LogP contribution in [-0.2, 0) is 0 Å². The number of nitrogens with one attached hydrogen (secondary N) is 1. The summed E-state index contributed by atoms with van der Waals surface area (Å²) in [5.74, 6) is 2.93. The Morgan fingerprint density at radius 2 is 2.22 bits per heavy atom. The van der Waals surface area contributed by atoms with Gasteiger partial charge in [0, 0.05) is 12.1 Å². The first-order valence-electron chi connectivity index (χ1n) is 6.15. The fourth-order valence-corrected chi connectivity index (χ4v) is 3.22. The first-order valence-corrected chi connectivity index (χ1v) is 7.31. The molecule has 0 radical (unpaired) electrons. The van der Waals surface area contributed by atoms with Gasteiger partial charge >= 0.3 is 0 Å². The highest BCUT2D eigenvalue weighted by molar-refractivity contribution is 7.99. The molecule has 1 aromatic carbocycles. The van der Waals surface area contributed by atoms with Gasteiger partial charge in [-0.05, 0) is 48.5 Å². The van der Waals surface area contributed by atoms with Gasteiger partial charge in [0.25, 0.3) is 5.91 Å². The zero-order valence-corrected chi connectivity index (χ0v) is 11.0. The zero-order chi connectivity index (χ0) is 12.8. The molecule has 1 N–H and O–H groups in total. The van der Waals surface area contributed by atoms with Crippen LogP contribution < -0.4 is 5.32 Å². The maximum Gasteiger partial charge on any atom is 0.251 e. The van der Waals surface area contributed by atoms with Gasteiger partial charge in [-0.3, -0.25) is 4.79 Å². The van der Waals surface area contributed by atoms with Gasteiger partial charge in [0.15, 0.2) is 0 Å². The second kappa shape index (κ2) is 6.46. The van der Waals surface area contributed by atoms with Gasteiger partial charge in [0.1, 0.15) is 0 Å². The fraction of sp³-hybridized carbons (Fsp3) is 0.429. The van der Waals surface area contributed by atoms with Crippen molar-refractivity contribution >= 4 is 17.7 Å². The Labute approximate surface area is 112 Å². The predicted octanol–water partition coefficient (Wildman–Crippen LogP) is 2.43. The van der Waals surface area contributed by atoms with E-state index in [1.54, 1.807) is 24.3 Å². The van der Waals surface area contributed by atoms with Crippen LogP contribution in [0.1, 0.15) is 28.8 Å². The van der Waals surface area contributed by atoms with Crippen molar-refractivity contribution in [1.82, 2.24) is 5.32 Å². The zero-order valence-electron chi connectivity index (χ0n) is 10.2. The van der Waals surface area contributed by atoms with E-state index in [0.29, 0.717) is 17.0 Å². The second-order valence-electron chi connectivity index (χ2n) is 4.46. The fourth-order valence-electron chi connectivity index (χ4n) is 2.02. The molecule has 1 aliphatic rings. The molecule has 0 aliphatic carbocycles. The molecule has 0 saturated carbocycles. The summed E-state index contributed by atoms with van der Waals surface area (Å²) in [6.07, 6.45) is 2.37. The first-order chi connectivity index (χ1) is 8.79. The van der Waals surface area contributed by atoms with Crippen LogP contribution in [-0.4, -0.2) is 24.0 Å². The predicted molar refractivity (Wildman–Crippen MR) is 73.5 cm³/mol. The number of amides is 1. The third-order valence-electron chi connectivity index (χ3n) is 3.15. The Balaban J connectivity index is 1.89. The smallest absolute Gasteiger partial charge is 0.251 e. The van der Waals surface area contributed by atoms with Crippen LogP contribution in [0.25, 0.3) is 0 Å². The van der Waals surface area contributed by atoms with Gasteiger partial charge in [-0.25, -0.2) is 0 Å². The third-order valence-corrected chi connectivity index (χ3v) is 4.19. The van der Waals surface area contributed by atoms with Gasteiger partial charge in [-0.1, -0.05) is 6.07 Å². The lowest BCUT2D eigenvalue weighted by Gasteiger charge is -2.21. The number of carbonyl (C=O) groups is 1. The van der Waals surface area contributed by atoms with E-state index in [0.717, 1.165) is 6.54 Å². The monoisotopic (exact) mass is 260 g/mol. The van der Waals surface area contributed by atoms with E-state index < -0.39 is 0 Å². The van der Waals surface area contributed by atoms with E-state index in [2.05, 4.69) is 5.32 Å². The Hall–Kier alpha value is -1.47. The highest BCUT2D eigenvalue weighted by atomic mass is 32.2. The average Bonchev–Trinajstić information content (AvgIpc) is 2.46. The molecule has 0 aromatic heterocycles. The lowest BCUT2D eigenvalue weighted by molar-refractivity contribution is 0.0946. The van der Waals surface area contributed by atoms with Crippen LogP contribution >= 0.6 is 11.8 Å². The molecule has 3 nitrogen and oxygen atoms in total. The van der Waals surface area contributed by atoms with Gasteiger partial charge in [0.05, 0.1) is 11.6 Å². The summed E-state index contributed by atoms with van der Waals surface area (Å²) < 4.78 is 0. The number of thioether (sulfide) groups is 1. The summed E-state index contributed by atoms with van der Waals surface area (Å²) >= 11 is 1.99. The molecule has 1 fully saturated rings. The number of nitrogens with zero attached hydrogens (tertiary/aromatic N) is 1. The van der Waals surface area contributed by atoms with Crippen LogP contribution in [0.15, 0.2) is 24.3 Å². The molecule has 0 bridgehead atoms. The van der Waals surface area contributed by atoms with E-state index in [1.807, 2.05) is 17.8 Å². The van der Waals surface area contributed by atoms with Crippen molar-refractivity contribution in [1.29, 1.82) is 5.26 Å². The number of benzene rings is 1. The average molecular weight is 260 g/mol. The van der Waals surface area contributed by atoms with Crippen molar-refractivity contribution in [2.75, 3.05) is 18.1 Å². The SMILES string of the molecule is N#Cc1cccc(C(=O)NCC2CCSCC2)c1. The van der Waals surface area contributed by atoms with Crippen LogP contribution in [0.2, 0.25) is 0 Å². The maximum absolute atomic E-state index is 11.9. The molecule has 18 heavy (non-hydrogen) atoms. The van der Waals surface area contributed by atoms with Gasteiger partial charge in [-0.15, -0.1) is 0 Å². The Bertz CT molecular complexity index is 461. The Morgan fingerprint density at radius 3 is 2.94 bits per heavy atom. The van der Waals surface area contributed by atoms with E-state index in [1.165, 1.54) is 24.3 Å². The third kappa shape index (κ3) is 3.51. The van der Waals surface area contributed by atoms with Crippen LogP contribution in [0.3, 0.4) is 0 Å². The molecule has 1 saturated heterocycles. The largest absolute Gasteiger partial charge is 0.352 e. The lowest BCUT2D eigenvalue weighted by Crippen LogP contribution is -2.30. The lowest BCUT2D eigenvalue weighted by atomic mass is 10.0. The van der Waals surface area contributed by atoms with Crippen molar-refractivity contribution in [3.05, 3.63) is 35.4 Å². The van der Waals surface area contributed by atoms with Crippen molar-refractivity contribution < 1.29 is 4.79 Å². The maximum atomic E-state index is 11.9. The highest BCUT2D eigenvalue weighted by Gasteiger charge is 2.15. The first kappa shape index (κ1) is 13.0.